The monoisotopic (exact) mass is 296 g/mol. The van der Waals surface area contributed by atoms with Crippen LogP contribution in [0.2, 0.25) is 10.0 Å². The molecule has 0 bridgehead atoms. The highest BCUT2D eigenvalue weighted by atomic mass is 35.5. The Kier molecular flexibility index (Phi) is 3.16. The van der Waals surface area contributed by atoms with E-state index in [4.69, 9.17) is 28.9 Å². The number of alkyl halides is 3. The molecule has 0 spiro atoms. The van der Waals surface area contributed by atoms with E-state index in [-0.39, 0.29) is 27.0 Å². The zero-order valence-electron chi connectivity index (χ0n) is 8.55. The van der Waals surface area contributed by atoms with Crippen LogP contribution in [-0.4, -0.2) is 5.16 Å². The minimum absolute atomic E-state index is 0.114. The van der Waals surface area contributed by atoms with Gasteiger partial charge in [-0.15, -0.1) is 0 Å². The largest absolute Gasteiger partial charge is 0.453 e. The van der Waals surface area contributed by atoms with Gasteiger partial charge in [-0.05, 0) is 17.7 Å². The van der Waals surface area contributed by atoms with Gasteiger partial charge in [0.15, 0.2) is 5.82 Å². The molecule has 1 heterocycles. The highest BCUT2D eigenvalue weighted by Crippen LogP contribution is 2.41. The second-order valence-corrected chi connectivity index (χ2v) is 4.21. The van der Waals surface area contributed by atoms with Gasteiger partial charge in [-0.1, -0.05) is 34.4 Å². The molecule has 2 rings (SSSR count). The molecule has 96 valence electrons. The summed E-state index contributed by atoms with van der Waals surface area (Å²) in [6, 6.07) is 3.99. The quantitative estimate of drug-likeness (QED) is 0.856. The number of rotatable bonds is 1. The average Bonchev–Trinajstić information content (AvgIpc) is 2.64. The first-order valence-corrected chi connectivity index (χ1v) is 5.34. The minimum Gasteiger partial charge on any atom is -0.380 e. The number of aromatic nitrogens is 1. The highest BCUT2D eigenvalue weighted by Gasteiger charge is 2.40. The summed E-state index contributed by atoms with van der Waals surface area (Å²) < 4.78 is 42.2. The maximum absolute atomic E-state index is 12.7. The summed E-state index contributed by atoms with van der Waals surface area (Å²) >= 11 is 11.4. The van der Waals surface area contributed by atoms with Crippen LogP contribution < -0.4 is 5.73 Å². The van der Waals surface area contributed by atoms with Crippen LogP contribution in [0.15, 0.2) is 22.7 Å². The zero-order chi connectivity index (χ0) is 13.5. The van der Waals surface area contributed by atoms with E-state index in [1.54, 1.807) is 0 Å². The third-order valence-electron chi connectivity index (χ3n) is 2.18. The molecule has 0 saturated heterocycles. The molecule has 0 unspecified atom stereocenters. The van der Waals surface area contributed by atoms with E-state index >= 15 is 0 Å². The van der Waals surface area contributed by atoms with Crippen molar-refractivity contribution in [3.63, 3.8) is 0 Å². The lowest BCUT2D eigenvalue weighted by Crippen LogP contribution is -2.05. The number of anilines is 1. The Hall–Kier alpha value is -1.40. The Bertz CT molecular complexity index is 595. The molecule has 0 aliphatic heterocycles. The highest BCUT2D eigenvalue weighted by molar-refractivity contribution is 6.42. The van der Waals surface area contributed by atoms with Crippen molar-refractivity contribution in [1.29, 1.82) is 0 Å². The predicted octanol–water partition coefficient (Wildman–Crippen LogP) is 4.25. The fraction of sp³-hybridized carbons (Fsp3) is 0.100. The third-order valence-corrected chi connectivity index (χ3v) is 2.92. The summed E-state index contributed by atoms with van der Waals surface area (Å²) in [5, 5.41) is 3.46. The summed E-state index contributed by atoms with van der Waals surface area (Å²) in [7, 11) is 0. The molecule has 0 amide bonds. The van der Waals surface area contributed by atoms with Crippen LogP contribution in [-0.2, 0) is 6.18 Å². The molecule has 3 nitrogen and oxygen atoms in total. The van der Waals surface area contributed by atoms with Gasteiger partial charge in [0, 0.05) is 0 Å². The van der Waals surface area contributed by atoms with Crippen LogP contribution >= 0.6 is 23.2 Å². The Morgan fingerprint density at radius 1 is 1.17 bits per heavy atom. The molecule has 2 aromatic rings. The fourth-order valence-electron chi connectivity index (χ4n) is 1.43. The fourth-order valence-corrected chi connectivity index (χ4v) is 1.72. The first-order valence-electron chi connectivity index (χ1n) is 4.58. The van der Waals surface area contributed by atoms with E-state index in [1.807, 2.05) is 0 Å². The molecule has 0 atom stereocenters. The Labute approximate surface area is 109 Å². The molecule has 0 saturated carbocycles. The number of nitrogens with zero attached hydrogens (tertiary/aromatic N) is 1. The van der Waals surface area contributed by atoms with Gasteiger partial charge in [-0.25, -0.2) is 0 Å². The van der Waals surface area contributed by atoms with Crippen LogP contribution in [0.25, 0.3) is 11.1 Å². The Balaban J connectivity index is 2.63. The molecule has 0 aliphatic carbocycles. The summed E-state index contributed by atoms with van der Waals surface area (Å²) in [6.45, 7) is 0. The van der Waals surface area contributed by atoms with Crippen molar-refractivity contribution in [3.8, 4) is 11.1 Å². The maximum atomic E-state index is 12.7. The number of hydrogen-bond donors (Lipinski definition) is 1. The number of hydrogen-bond acceptors (Lipinski definition) is 3. The van der Waals surface area contributed by atoms with Gasteiger partial charge in [-0.3, -0.25) is 0 Å². The van der Waals surface area contributed by atoms with Gasteiger partial charge < -0.3 is 10.3 Å². The molecule has 0 fully saturated rings. The van der Waals surface area contributed by atoms with E-state index in [9.17, 15) is 13.2 Å². The Morgan fingerprint density at radius 3 is 2.39 bits per heavy atom. The smallest absolute Gasteiger partial charge is 0.380 e. The lowest BCUT2D eigenvalue weighted by atomic mass is 10.1. The van der Waals surface area contributed by atoms with E-state index in [1.165, 1.54) is 18.2 Å². The molecule has 2 N–H and O–H groups in total. The van der Waals surface area contributed by atoms with Crippen molar-refractivity contribution in [2.24, 2.45) is 0 Å². The SMILES string of the molecule is Nc1noc(C(F)(F)F)c1-c1ccc(Cl)c(Cl)c1. The van der Waals surface area contributed by atoms with Gasteiger partial charge in [0.05, 0.1) is 15.6 Å². The van der Waals surface area contributed by atoms with Gasteiger partial charge in [-0.2, -0.15) is 13.2 Å². The maximum Gasteiger partial charge on any atom is 0.453 e. The van der Waals surface area contributed by atoms with E-state index in [0.29, 0.717) is 0 Å². The number of benzene rings is 1. The number of nitrogen functional groups attached to an aromatic ring is 1. The van der Waals surface area contributed by atoms with Crippen molar-refractivity contribution in [2.75, 3.05) is 5.73 Å². The first-order chi connectivity index (χ1) is 8.30. The van der Waals surface area contributed by atoms with E-state index in [0.717, 1.165) is 0 Å². The van der Waals surface area contributed by atoms with Crippen molar-refractivity contribution >= 4 is 29.0 Å². The predicted molar refractivity (Wildman–Crippen MR) is 61.4 cm³/mol. The van der Waals surface area contributed by atoms with Crippen molar-refractivity contribution in [2.45, 2.75) is 6.18 Å². The molecule has 1 aromatic heterocycles. The molecule has 8 heteroatoms. The van der Waals surface area contributed by atoms with Gasteiger partial charge in [0.1, 0.15) is 0 Å². The van der Waals surface area contributed by atoms with Crippen LogP contribution in [0.4, 0.5) is 19.0 Å². The van der Waals surface area contributed by atoms with Crippen LogP contribution in [0.3, 0.4) is 0 Å². The van der Waals surface area contributed by atoms with Gasteiger partial charge in [0.2, 0.25) is 5.76 Å². The zero-order valence-corrected chi connectivity index (χ0v) is 10.1. The average molecular weight is 297 g/mol. The molecule has 18 heavy (non-hydrogen) atoms. The van der Waals surface area contributed by atoms with Crippen LogP contribution in [0.1, 0.15) is 5.76 Å². The summed E-state index contributed by atoms with van der Waals surface area (Å²) in [4.78, 5) is 0. The van der Waals surface area contributed by atoms with E-state index < -0.39 is 11.9 Å². The number of halogens is 5. The first kappa shape index (κ1) is 13.0. The normalized spacial score (nSPS) is 11.8. The van der Waals surface area contributed by atoms with Crippen LogP contribution in [0, 0.1) is 0 Å². The molecular formula is C10H5Cl2F3N2O. The standard InChI is InChI=1S/C10H5Cl2F3N2O/c11-5-2-1-4(3-6(5)12)7-8(10(13,14)15)18-17-9(7)16/h1-3H,(H2,16,17). The lowest BCUT2D eigenvalue weighted by Gasteiger charge is -2.06. The van der Waals surface area contributed by atoms with Crippen molar-refractivity contribution in [3.05, 3.63) is 34.0 Å². The number of nitrogens with two attached hydrogens (primary N) is 1. The Morgan fingerprint density at radius 2 is 1.83 bits per heavy atom. The summed E-state index contributed by atoms with van der Waals surface area (Å²) in [5.41, 5.74) is 5.17. The minimum atomic E-state index is -4.69. The molecule has 0 aliphatic rings. The summed E-state index contributed by atoms with van der Waals surface area (Å²) in [6.07, 6.45) is -4.69. The molecule has 1 aromatic carbocycles. The van der Waals surface area contributed by atoms with Gasteiger partial charge >= 0.3 is 6.18 Å². The topological polar surface area (TPSA) is 52.0 Å². The van der Waals surface area contributed by atoms with E-state index in [2.05, 4.69) is 9.68 Å². The van der Waals surface area contributed by atoms with Crippen molar-refractivity contribution in [1.82, 2.24) is 5.16 Å². The second-order valence-electron chi connectivity index (χ2n) is 3.40. The summed E-state index contributed by atoms with van der Waals surface area (Å²) in [5.74, 6) is -1.63. The van der Waals surface area contributed by atoms with Crippen LogP contribution in [0.5, 0.6) is 0 Å². The molecule has 0 radical (unpaired) electrons. The second kappa shape index (κ2) is 4.37. The lowest BCUT2D eigenvalue weighted by molar-refractivity contribution is -0.154. The van der Waals surface area contributed by atoms with Crippen molar-refractivity contribution < 1.29 is 17.7 Å². The van der Waals surface area contributed by atoms with Gasteiger partial charge in [0.25, 0.3) is 0 Å². The molecular weight excluding hydrogens is 292 g/mol. The third kappa shape index (κ3) is 2.26.